The van der Waals surface area contributed by atoms with Crippen LogP contribution in [0.15, 0.2) is 24.8 Å². The summed E-state index contributed by atoms with van der Waals surface area (Å²) < 4.78 is 10.2. The quantitative estimate of drug-likeness (QED) is 0.540. The normalized spacial score (nSPS) is 9.29. The molecule has 0 amide bonds. The maximum Gasteiger partial charge on any atom is 0.161 e. The van der Waals surface area contributed by atoms with Crippen LogP contribution in [0.2, 0.25) is 0 Å². The number of ether oxygens (including phenoxy) is 2. The number of carbonyl (C=O) groups is 1. The van der Waals surface area contributed by atoms with Gasteiger partial charge in [0.1, 0.15) is 6.29 Å². The van der Waals surface area contributed by atoms with Crippen LogP contribution >= 0.6 is 0 Å². The highest BCUT2D eigenvalue weighted by molar-refractivity contribution is 6.05. The van der Waals surface area contributed by atoms with Crippen molar-refractivity contribution in [2.75, 3.05) is 14.2 Å². The minimum atomic E-state index is 0.422. The molecule has 0 aliphatic heterocycles. The SMILES string of the molecule is C=C(C=O)c1ccc(OC)c(OC)c1. The van der Waals surface area contributed by atoms with Crippen molar-refractivity contribution in [1.82, 2.24) is 0 Å². The molecule has 0 atom stereocenters. The van der Waals surface area contributed by atoms with Crippen LogP contribution in [-0.2, 0) is 4.79 Å². The van der Waals surface area contributed by atoms with Crippen molar-refractivity contribution < 1.29 is 14.3 Å². The Morgan fingerprint density at radius 2 is 1.93 bits per heavy atom. The van der Waals surface area contributed by atoms with Gasteiger partial charge in [-0.05, 0) is 17.7 Å². The van der Waals surface area contributed by atoms with E-state index in [1.54, 1.807) is 32.4 Å². The van der Waals surface area contributed by atoms with Gasteiger partial charge in [0.05, 0.1) is 14.2 Å². The van der Waals surface area contributed by atoms with Gasteiger partial charge in [0, 0.05) is 5.57 Å². The van der Waals surface area contributed by atoms with Crippen LogP contribution in [0.25, 0.3) is 5.57 Å². The zero-order chi connectivity index (χ0) is 10.6. The van der Waals surface area contributed by atoms with Crippen LogP contribution in [0.1, 0.15) is 5.56 Å². The molecule has 0 N–H and O–H groups in total. The van der Waals surface area contributed by atoms with Crippen molar-refractivity contribution in [2.24, 2.45) is 0 Å². The van der Waals surface area contributed by atoms with Crippen molar-refractivity contribution in [3.8, 4) is 11.5 Å². The standard InChI is InChI=1S/C11H12O3/c1-8(7-12)9-4-5-10(13-2)11(6-9)14-3/h4-7H,1H2,2-3H3. The molecule has 0 aliphatic rings. The molecule has 74 valence electrons. The van der Waals surface area contributed by atoms with Crippen molar-refractivity contribution in [1.29, 1.82) is 0 Å². The minimum Gasteiger partial charge on any atom is -0.493 e. The number of hydrogen-bond acceptors (Lipinski definition) is 3. The summed E-state index contributed by atoms with van der Waals surface area (Å²) >= 11 is 0. The van der Waals surface area contributed by atoms with Gasteiger partial charge in [-0.25, -0.2) is 0 Å². The van der Waals surface area contributed by atoms with Crippen LogP contribution in [0.4, 0.5) is 0 Å². The summed E-state index contributed by atoms with van der Waals surface area (Å²) in [6.07, 6.45) is 0.710. The lowest BCUT2D eigenvalue weighted by molar-refractivity contribution is -0.103. The third-order valence-corrected chi connectivity index (χ3v) is 1.90. The molecular weight excluding hydrogens is 180 g/mol. The number of carbonyl (C=O) groups excluding carboxylic acids is 1. The van der Waals surface area contributed by atoms with Gasteiger partial charge in [0.15, 0.2) is 11.5 Å². The van der Waals surface area contributed by atoms with Crippen LogP contribution < -0.4 is 9.47 Å². The third kappa shape index (κ3) is 1.93. The van der Waals surface area contributed by atoms with Gasteiger partial charge in [-0.2, -0.15) is 0 Å². The summed E-state index contributed by atoms with van der Waals surface area (Å²) in [6, 6.07) is 5.22. The van der Waals surface area contributed by atoms with Crippen molar-refractivity contribution in [2.45, 2.75) is 0 Å². The molecule has 0 radical (unpaired) electrons. The lowest BCUT2D eigenvalue weighted by Gasteiger charge is -2.08. The molecule has 0 heterocycles. The monoisotopic (exact) mass is 192 g/mol. The third-order valence-electron chi connectivity index (χ3n) is 1.90. The highest BCUT2D eigenvalue weighted by Crippen LogP contribution is 2.29. The summed E-state index contributed by atoms with van der Waals surface area (Å²) in [5, 5.41) is 0. The molecule has 1 aromatic rings. The fourth-order valence-corrected chi connectivity index (χ4v) is 1.10. The number of hydrogen-bond donors (Lipinski definition) is 0. The highest BCUT2D eigenvalue weighted by atomic mass is 16.5. The van der Waals surface area contributed by atoms with E-state index < -0.39 is 0 Å². The predicted molar refractivity (Wildman–Crippen MR) is 54.6 cm³/mol. The Bertz CT molecular complexity index is 356. The second-order valence-electron chi connectivity index (χ2n) is 2.71. The maximum absolute atomic E-state index is 10.5. The molecule has 0 spiro atoms. The Morgan fingerprint density at radius 1 is 1.29 bits per heavy atom. The Morgan fingerprint density at radius 3 is 2.43 bits per heavy atom. The summed E-state index contributed by atoms with van der Waals surface area (Å²) in [5.74, 6) is 1.22. The minimum absolute atomic E-state index is 0.422. The number of allylic oxidation sites excluding steroid dienone is 1. The lowest BCUT2D eigenvalue weighted by Crippen LogP contribution is -1.92. The average molecular weight is 192 g/mol. The predicted octanol–water partition coefficient (Wildman–Crippen LogP) is 1.92. The lowest BCUT2D eigenvalue weighted by atomic mass is 10.1. The topological polar surface area (TPSA) is 35.5 Å². The van der Waals surface area contributed by atoms with E-state index in [1.807, 2.05) is 0 Å². The van der Waals surface area contributed by atoms with Crippen molar-refractivity contribution in [3.05, 3.63) is 30.3 Å². The zero-order valence-electron chi connectivity index (χ0n) is 8.24. The molecule has 0 unspecified atom stereocenters. The van der Waals surface area contributed by atoms with E-state index in [0.717, 1.165) is 5.56 Å². The molecule has 0 bridgehead atoms. The van der Waals surface area contributed by atoms with Crippen LogP contribution in [0.3, 0.4) is 0 Å². The molecule has 0 saturated heterocycles. The van der Waals surface area contributed by atoms with E-state index in [1.165, 1.54) is 0 Å². The van der Waals surface area contributed by atoms with Gasteiger partial charge >= 0.3 is 0 Å². The van der Waals surface area contributed by atoms with E-state index in [4.69, 9.17) is 9.47 Å². The molecular formula is C11H12O3. The molecule has 3 heteroatoms. The molecule has 0 aromatic heterocycles. The number of methoxy groups -OCH3 is 2. The zero-order valence-corrected chi connectivity index (χ0v) is 8.24. The molecule has 0 saturated carbocycles. The Hall–Kier alpha value is -1.77. The summed E-state index contributed by atoms with van der Waals surface area (Å²) in [6.45, 7) is 3.61. The molecule has 3 nitrogen and oxygen atoms in total. The first-order chi connectivity index (χ1) is 6.72. The molecule has 1 aromatic carbocycles. The van der Waals surface area contributed by atoms with Crippen LogP contribution in [-0.4, -0.2) is 20.5 Å². The molecule has 14 heavy (non-hydrogen) atoms. The van der Waals surface area contributed by atoms with E-state index in [-0.39, 0.29) is 0 Å². The summed E-state index contributed by atoms with van der Waals surface area (Å²) in [5.41, 5.74) is 1.16. The summed E-state index contributed by atoms with van der Waals surface area (Å²) in [7, 11) is 3.11. The van der Waals surface area contributed by atoms with Gasteiger partial charge in [-0.15, -0.1) is 0 Å². The highest BCUT2D eigenvalue weighted by Gasteiger charge is 2.05. The van der Waals surface area contributed by atoms with Gasteiger partial charge < -0.3 is 9.47 Å². The van der Waals surface area contributed by atoms with E-state index >= 15 is 0 Å². The number of rotatable bonds is 4. The maximum atomic E-state index is 10.5. The van der Waals surface area contributed by atoms with E-state index in [9.17, 15) is 4.79 Å². The van der Waals surface area contributed by atoms with E-state index in [0.29, 0.717) is 23.4 Å². The number of benzene rings is 1. The number of aldehydes is 1. The molecule has 1 rings (SSSR count). The second kappa shape index (κ2) is 4.46. The Labute approximate surface area is 83.0 Å². The van der Waals surface area contributed by atoms with Gasteiger partial charge in [0.2, 0.25) is 0 Å². The molecule has 0 aliphatic carbocycles. The first-order valence-corrected chi connectivity index (χ1v) is 4.09. The Balaban J connectivity index is 3.13. The van der Waals surface area contributed by atoms with Crippen molar-refractivity contribution in [3.63, 3.8) is 0 Å². The van der Waals surface area contributed by atoms with Gasteiger partial charge in [-0.1, -0.05) is 12.6 Å². The van der Waals surface area contributed by atoms with Crippen LogP contribution in [0.5, 0.6) is 11.5 Å². The Kier molecular flexibility index (Phi) is 3.29. The summed E-state index contributed by atoms with van der Waals surface area (Å²) in [4.78, 5) is 10.5. The smallest absolute Gasteiger partial charge is 0.161 e. The fraction of sp³-hybridized carbons (Fsp3) is 0.182. The van der Waals surface area contributed by atoms with Gasteiger partial charge in [0.25, 0.3) is 0 Å². The second-order valence-corrected chi connectivity index (χ2v) is 2.71. The largest absolute Gasteiger partial charge is 0.493 e. The average Bonchev–Trinajstić information content (AvgIpc) is 2.26. The molecule has 0 fully saturated rings. The first kappa shape index (κ1) is 10.3. The van der Waals surface area contributed by atoms with Crippen molar-refractivity contribution >= 4 is 11.9 Å². The van der Waals surface area contributed by atoms with Crippen LogP contribution in [0, 0.1) is 0 Å². The fourth-order valence-electron chi connectivity index (χ4n) is 1.10. The van der Waals surface area contributed by atoms with Gasteiger partial charge in [-0.3, -0.25) is 4.79 Å². The first-order valence-electron chi connectivity index (χ1n) is 4.09. The van der Waals surface area contributed by atoms with E-state index in [2.05, 4.69) is 6.58 Å².